The Balaban J connectivity index is 2.02. The molecule has 4 aromatic rings. The van der Waals surface area contributed by atoms with Gasteiger partial charge in [0.15, 0.2) is 5.82 Å². The van der Waals surface area contributed by atoms with Crippen molar-refractivity contribution in [3.8, 4) is 17.2 Å². The Morgan fingerprint density at radius 2 is 1.72 bits per heavy atom. The van der Waals surface area contributed by atoms with Gasteiger partial charge >= 0.3 is 0 Å². The summed E-state index contributed by atoms with van der Waals surface area (Å²) in [6.07, 6.45) is 1.66. The number of allylic oxidation sites excluding steroid dienone is 1. The molecule has 0 unspecified atom stereocenters. The van der Waals surface area contributed by atoms with Crippen molar-refractivity contribution in [3.05, 3.63) is 89.7 Å². The van der Waals surface area contributed by atoms with Gasteiger partial charge in [0.25, 0.3) is 5.56 Å². The monoisotopic (exact) mass is 328 g/mol. The molecule has 0 N–H and O–H groups in total. The number of aromatic nitrogens is 4. The number of benzene rings is 2. The maximum atomic E-state index is 12.0. The highest BCUT2D eigenvalue weighted by molar-refractivity contribution is 5.82. The molecule has 2 aromatic carbocycles. The molecule has 0 saturated carbocycles. The quantitative estimate of drug-likeness (QED) is 0.539. The summed E-state index contributed by atoms with van der Waals surface area (Å²) in [7, 11) is 0. The van der Waals surface area contributed by atoms with Gasteiger partial charge in [-0.1, -0.05) is 48.5 Å². The summed E-state index contributed by atoms with van der Waals surface area (Å²) in [5, 5.41) is 4.50. The number of nitrogens with zero attached hydrogens (tertiary/aromatic N) is 4. The number of imidazole rings is 1. The molecule has 0 aliphatic rings. The average Bonchev–Trinajstić information content (AvgIpc) is 3.04. The number of rotatable bonds is 4. The molecule has 5 heteroatoms. The van der Waals surface area contributed by atoms with Crippen molar-refractivity contribution in [2.45, 2.75) is 6.54 Å². The molecule has 0 spiro atoms. The summed E-state index contributed by atoms with van der Waals surface area (Å²) in [5.41, 5.74) is 2.65. The SMILES string of the molecule is C=CCn1nc(-n2c(-c3ccccc3)nc3ccccc32)ccc1=O. The van der Waals surface area contributed by atoms with Crippen molar-refractivity contribution in [1.82, 2.24) is 19.3 Å². The second kappa shape index (κ2) is 6.20. The maximum Gasteiger partial charge on any atom is 0.267 e. The van der Waals surface area contributed by atoms with Crippen LogP contribution in [0.5, 0.6) is 0 Å². The fourth-order valence-electron chi connectivity index (χ4n) is 2.85. The Kier molecular flexibility index (Phi) is 3.74. The fraction of sp³-hybridized carbons (Fsp3) is 0.0500. The zero-order valence-corrected chi connectivity index (χ0v) is 13.5. The second-order valence-corrected chi connectivity index (χ2v) is 5.63. The third-order valence-electron chi connectivity index (χ3n) is 3.98. The van der Waals surface area contributed by atoms with Crippen LogP contribution in [0.4, 0.5) is 0 Å². The third-order valence-corrected chi connectivity index (χ3v) is 3.98. The molecule has 2 heterocycles. The van der Waals surface area contributed by atoms with Crippen LogP contribution in [0.2, 0.25) is 0 Å². The molecule has 0 aliphatic heterocycles. The van der Waals surface area contributed by atoms with Crippen LogP contribution in [0, 0.1) is 0 Å². The number of hydrogen-bond acceptors (Lipinski definition) is 3. The lowest BCUT2D eigenvalue weighted by Crippen LogP contribution is -2.22. The lowest BCUT2D eigenvalue weighted by atomic mass is 10.2. The molecule has 0 radical (unpaired) electrons. The Hall–Kier alpha value is -3.47. The van der Waals surface area contributed by atoms with Crippen LogP contribution in [0.1, 0.15) is 0 Å². The molecule has 122 valence electrons. The van der Waals surface area contributed by atoms with Gasteiger partial charge in [-0.25, -0.2) is 9.67 Å². The Morgan fingerprint density at radius 3 is 2.52 bits per heavy atom. The molecule has 0 fully saturated rings. The van der Waals surface area contributed by atoms with Gasteiger partial charge in [0.05, 0.1) is 17.6 Å². The van der Waals surface area contributed by atoms with E-state index < -0.39 is 0 Å². The summed E-state index contributed by atoms with van der Waals surface area (Å²) in [5.74, 6) is 1.44. The first-order valence-electron chi connectivity index (χ1n) is 8.00. The highest BCUT2D eigenvalue weighted by atomic mass is 16.1. The molecule has 0 bridgehead atoms. The van der Waals surface area contributed by atoms with Crippen molar-refractivity contribution in [3.63, 3.8) is 0 Å². The molecular weight excluding hydrogens is 312 g/mol. The fourth-order valence-corrected chi connectivity index (χ4v) is 2.85. The van der Waals surface area contributed by atoms with Crippen molar-refractivity contribution < 1.29 is 0 Å². The second-order valence-electron chi connectivity index (χ2n) is 5.63. The van der Waals surface area contributed by atoms with Gasteiger partial charge in [-0.3, -0.25) is 9.36 Å². The van der Waals surface area contributed by atoms with E-state index in [1.54, 1.807) is 12.1 Å². The zero-order valence-electron chi connectivity index (χ0n) is 13.5. The topological polar surface area (TPSA) is 52.7 Å². The van der Waals surface area contributed by atoms with Crippen molar-refractivity contribution >= 4 is 11.0 Å². The van der Waals surface area contributed by atoms with E-state index in [0.717, 1.165) is 22.4 Å². The summed E-state index contributed by atoms with van der Waals surface area (Å²) in [4.78, 5) is 16.8. The number of fused-ring (bicyclic) bond motifs is 1. The van der Waals surface area contributed by atoms with Crippen molar-refractivity contribution in [1.29, 1.82) is 0 Å². The van der Waals surface area contributed by atoms with Crippen LogP contribution in [0.25, 0.3) is 28.2 Å². The molecular formula is C20H16N4O. The van der Waals surface area contributed by atoms with Gasteiger partial charge in [0, 0.05) is 11.6 Å². The minimum absolute atomic E-state index is 0.158. The maximum absolute atomic E-state index is 12.0. The van der Waals surface area contributed by atoms with Gasteiger partial charge in [-0.2, -0.15) is 5.10 Å². The highest BCUT2D eigenvalue weighted by Crippen LogP contribution is 2.27. The van der Waals surface area contributed by atoms with E-state index >= 15 is 0 Å². The van der Waals surface area contributed by atoms with E-state index in [1.807, 2.05) is 59.2 Å². The van der Waals surface area contributed by atoms with E-state index in [4.69, 9.17) is 4.98 Å². The molecule has 5 nitrogen and oxygen atoms in total. The predicted octanol–water partition coefficient (Wildman–Crippen LogP) is 3.44. The molecule has 0 aliphatic carbocycles. The smallest absolute Gasteiger partial charge is 0.267 e. The lowest BCUT2D eigenvalue weighted by Gasteiger charge is -2.10. The van der Waals surface area contributed by atoms with Gasteiger partial charge in [-0.15, -0.1) is 6.58 Å². The van der Waals surface area contributed by atoms with Gasteiger partial charge in [-0.05, 0) is 18.2 Å². The summed E-state index contributed by atoms with van der Waals surface area (Å²) >= 11 is 0. The first-order chi connectivity index (χ1) is 12.3. The Bertz CT molecular complexity index is 1110. The molecule has 4 rings (SSSR count). The van der Waals surface area contributed by atoms with Crippen LogP contribution in [0.15, 0.2) is 84.2 Å². The zero-order chi connectivity index (χ0) is 17.2. The Labute approximate surface area is 144 Å². The van der Waals surface area contributed by atoms with Crippen LogP contribution < -0.4 is 5.56 Å². The standard InChI is InChI=1S/C20H16N4O/c1-2-14-23-19(25)13-12-18(22-23)24-17-11-7-6-10-16(17)21-20(24)15-8-4-3-5-9-15/h2-13H,1,14H2. The molecule has 0 amide bonds. The normalized spacial score (nSPS) is 10.9. The van der Waals surface area contributed by atoms with E-state index in [1.165, 1.54) is 10.7 Å². The van der Waals surface area contributed by atoms with Crippen LogP contribution in [0.3, 0.4) is 0 Å². The number of para-hydroxylation sites is 2. The van der Waals surface area contributed by atoms with E-state index in [-0.39, 0.29) is 5.56 Å². The lowest BCUT2D eigenvalue weighted by molar-refractivity contribution is 0.642. The van der Waals surface area contributed by atoms with Crippen LogP contribution in [-0.2, 0) is 6.54 Å². The van der Waals surface area contributed by atoms with E-state index in [9.17, 15) is 4.79 Å². The molecule has 0 saturated heterocycles. The largest absolute Gasteiger partial charge is 0.275 e. The average molecular weight is 328 g/mol. The highest BCUT2D eigenvalue weighted by Gasteiger charge is 2.15. The van der Waals surface area contributed by atoms with E-state index in [2.05, 4.69) is 11.7 Å². The molecule has 0 atom stereocenters. The minimum Gasteiger partial charge on any atom is -0.275 e. The predicted molar refractivity (Wildman–Crippen MR) is 98.8 cm³/mol. The first kappa shape index (κ1) is 15.1. The van der Waals surface area contributed by atoms with Gasteiger partial charge < -0.3 is 0 Å². The van der Waals surface area contributed by atoms with Crippen LogP contribution >= 0.6 is 0 Å². The van der Waals surface area contributed by atoms with E-state index in [0.29, 0.717) is 12.4 Å². The summed E-state index contributed by atoms with van der Waals surface area (Å²) in [6.45, 7) is 4.05. The first-order valence-corrected chi connectivity index (χ1v) is 8.00. The Morgan fingerprint density at radius 1 is 0.960 bits per heavy atom. The van der Waals surface area contributed by atoms with Crippen molar-refractivity contribution in [2.24, 2.45) is 0 Å². The molecule has 25 heavy (non-hydrogen) atoms. The summed E-state index contributed by atoms with van der Waals surface area (Å²) in [6, 6.07) is 21.1. The van der Waals surface area contributed by atoms with Crippen LogP contribution in [-0.4, -0.2) is 19.3 Å². The minimum atomic E-state index is -0.158. The molecule has 2 aromatic heterocycles. The van der Waals surface area contributed by atoms with Gasteiger partial charge in [0.1, 0.15) is 5.82 Å². The van der Waals surface area contributed by atoms with Gasteiger partial charge in [0.2, 0.25) is 0 Å². The van der Waals surface area contributed by atoms with Crippen molar-refractivity contribution in [2.75, 3.05) is 0 Å². The number of hydrogen-bond donors (Lipinski definition) is 0. The summed E-state index contributed by atoms with van der Waals surface area (Å²) < 4.78 is 3.37. The third kappa shape index (κ3) is 2.65.